The smallest absolute Gasteiger partial charge is 1.00 e. The van der Waals surface area contributed by atoms with Gasteiger partial charge in [0.1, 0.15) is 0 Å². The molecule has 0 aliphatic carbocycles. The molecule has 0 amide bonds. The van der Waals surface area contributed by atoms with Gasteiger partial charge in [-0.15, -0.1) is 0 Å². The first-order valence-electron chi connectivity index (χ1n) is 3.26. The molecule has 0 fully saturated rings. The molecule has 0 saturated carbocycles. The van der Waals surface area contributed by atoms with E-state index in [1.165, 1.54) is 5.39 Å². The van der Waals surface area contributed by atoms with Crippen LogP contribution in [0.15, 0.2) is 42.6 Å². The Kier molecular flexibility index (Phi) is 13.1. The Morgan fingerprint density at radius 3 is 2.07 bits per heavy atom. The summed E-state index contributed by atoms with van der Waals surface area (Å²) in [6.07, 6.45) is 1.81. The van der Waals surface area contributed by atoms with Gasteiger partial charge in [-0.05, 0) is 12.1 Å². The molecule has 2 aromatic rings. The molecule has 0 saturated heterocycles. The van der Waals surface area contributed by atoms with E-state index >= 15 is 0 Å². The second-order valence-corrected chi connectivity index (χ2v) is 2.20. The van der Waals surface area contributed by atoms with E-state index in [2.05, 4.69) is 17.1 Å². The Balaban J connectivity index is -0.000000302. The van der Waals surface area contributed by atoms with Gasteiger partial charge >= 0.3 is 21.1 Å². The first-order chi connectivity index (χ1) is 4.97. The molecule has 0 atom stereocenters. The topological polar surface area (TPSA) is 47.9 Å². The molecule has 0 aliphatic rings. The van der Waals surface area contributed by atoms with Crippen LogP contribution in [0, 0.1) is 0 Å². The molecule has 1 aromatic carbocycles. The van der Waals surface area contributed by atoms with Crippen molar-refractivity contribution in [1.29, 1.82) is 0 Å². The number of pyridine rings is 1. The number of benzene rings is 1. The van der Waals surface area contributed by atoms with Crippen molar-refractivity contribution in [2.75, 3.05) is 0 Å². The van der Waals surface area contributed by atoms with Gasteiger partial charge in [-0.25, -0.2) is 0 Å². The second kappa shape index (κ2) is 9.41. The van der Waals surface area contributed by atoms with Gasteiger partial charge in [-0.1, -0.05) is 24.3 Å². The molecular weight excluding hydrogens is 402 g/mol. The fraction of sp³-hybridized carbons (Fsp3) is 0. The number of aromatic nitrogens is 1. The molecular formula is C9H10Cl2N2Pt. The van der Waals surface area contributed by atoms with Crippen LogP contribution in [0.25, 0.3) is 10.9 Å². The zero-order valence-corrected chi connectivity index (χ0v) is 11.1. The molecule has 1 aromatic heterocycles. The van der Waals surface area contributed by atoms with Crippen LogP contribution < -0.4 is 31.0 Å². The summed E-state index contributed by atoms with van der Waals surface area (Å²) in [5.74, 6) is 0. The zero-order chi connectivity index (χ0) is 6.81. The summed E-state index contributed by atoms with van der Waals surface area (Å²) < 4.78 is 0. The maximum Gasteiger partial charge on any atom is 2.00 e. The quantitative estimate of drug-likeness (QED) is 0.487. The normalized spacial score (nSPS) is 7.14. The van der Waals surface area contributed by atoms with Crippen LogP contribution in [-0.2, 0) is 21.1 Å². The monoisotopic (exact) mass is 411 g/mol. The number of hydrogen-bond donors (Lipinski definition) is 1. The van der Waals surface area contributed by atoms with Gasteiger partial charge in [0.05, 0.1) is 5.52 Å². The average molecular weight is 412 g/mol. The Hall–Kier alpha value is -0.142. The van der Waals surface area contributed by atoms with Gasteiger partial charge in [-0.3, -0.25) is 4.98 Å². The third-order valence-electron chi connectivity index (χ3n) is 1.51. The van der Waals surface area contributed by atoms with E-state index in [-0.39, 0.29) is 52.0 Å². The van der Waals surface area contributed by atoms with E-state index in [4.69, 9.17) is 0 Å². The fourth-order valence-corrected chi connectivity index (χ4v) is 1.02. The molecule has 80 valence electrons. The molecule has 0 bridgehead atoms. The van der Waals surface area contributed by atoms with Crippen molar-refractivity contribution in [3.05, 3.63) is 42.6 Å². The molecule has 14 heavy (non-hydrogen) atoms. The summed E-state index contributed by atoms with van der Waals surface area (Å²) in [5.41, 5.74) is 1.06. The van der Waals surface area contributed by atoms with Crippen LogP contribution in [-0.4, -0.2) is 4.98 Å². The van der Waals surface area contributed by atoms with E-state index in [1.54, 1.807) is 0 Å². The SMILES string of the molecule is N.[Cl-].[Cl-].[Pt+2].c1ccc2ncccc2c1. The maximum absolute atomic E-state index is 4.18. The molecule has 0 aliphatic heterocycles. The number of hydrogen-bond acceptors (Lipinski definition) is 2. The first kappa shape index (κ1) is 19.4. The molecule has 0 spiro atoms. The van der Waals surface area contributed by atoms with E-state index in [9.17, 15) is 0 Å². The minimum atomic E-state index is 0. The van der Waals surface area contributed by atoms with E-state index in [0.717, 1.165) is 5.52 Å². The third-order valence-corrected chi connectivity index (χ3v) is 1.51. The number of halogens is 2. The van der Waals surface area contributed by atoms with Gasteiger partial charge in [0, 0.05) is 11.6 Å². The standard InChI is InChI=1S/C9H7N.2ClH.H3N.Pt/c1-2-6-9-8(4-1)5-3-7-10-9;;;;/h1-7H;2*1H;1H3;/q;;;;+2/p-2. The maximum atomic E-state index is 4.18. The average Bonchev–Trinajstić information content (AvgIpc) is 2.05. The van der Waals surface area contributed by atoms with Crippen molar-refractivity contribution in [2.24, 2.45) is 0 Å². The minimum absolute atomic E-state index is 0. The second-order valence-electron chi connectivity index (χ2n) is 2.20. The minimum Gasteiger partial charge on any atom is -1.00 e. The summed E-state index contributed by atoms with van der Waals surface area (Å²) >= 11 is 0. The molecule has 0 unspecified atom stereocenters. The van der Waals surface area contributed by atoms with Gasteiger partial charge in [0.2, 0.25) is 0 Å². The van der Waals surface area contributed by atoms with Gasteiger partial charge in [-0.2, -0.15) is 0 Å². The van der Waals surface area contributed by atoms with E-state index < -0.39 is 0 Å². The van der Waals surface area contributed by atoms with Crippen molar-refractivity contribution in [1.82, 2.24) is 11.1 Å². The van der Waals surface area contributed by atoms with Crippen LogP contribution in [0.4, 0.5) is 0 Å². The van der Waals surface area contributed by atoms with Gasteiger partial charge < -0.3 is 31.0 Å². The first-order valence-corrected chi connectivity index (χ1v) is 3.26. The third kappa shape index (κ3) is 4.38. The number of fused-ring (bicyclic) bond motifs is 1. The van der Waals surface area contributed by atoms with Crippen molar-refractivity contribution in [2.45, 2.75) is 0 Å². The fourth-order valence-electron chi connectivity index (χ4n) is 1.02. The predicted molar refractivity (Wildman–Crippen MR) is 46.8 cm³/mol. The molecule has 2 nitrogen and oxygen atoms in total. The van der Waals surface area contributed by atoms with Crippen molar-refractivity contribution >= 4 is 10.9 Å². The largest absolute Gasteiger partial charge is 2.00 e. The summed E-state index contributed by atoms with van der Waals surface area (Å²) in [6, 6.07) is 12.1. The zero-order valence-electron chi connectivity index (χ0n) is 7.27. The molecule has 3 N–H and O–H groups in total. The molecule has 1 heterocycles. The molecule has 0 radical (unpaired) electrons. The number of nitrogens with zero attached hydrogens (tertiary/aromatic N) is 1. The van der Waals surface area contributed by atoms with Gasteiger partial charge in [0.15, 0.2) is 0 Å². The Morgan fingerprint density at radius 1 is 0.857 bits per heavy atom. The Morgan fingerprint density at radius 2 is 1.43 bits per heavy atom. The number of para-hydroxylation sites is 1. The van der Waals surface area contributed by atoms with Crippen LogP contribution in [0.1, 0.15) is 0 Å². The Labute approximate surface area is 110 Å². The van der Waals surface area contributed by atoms with Gasteiger partial charge in [0.25, 0.3) is 0 Å². The van der Waals surface area contributed by atoms with Crippen molar-refractivity contribution in [3.63, 3.8) is 0 Å². The van der Waals surface area contributed by atoms with Crippen LogP contribution in [0.5, 0.6) is 0 Å². The van der Waals surface area contributed by atoms with Crippen molar-refractivity contribution in [3.8, 4) is 0 Å². The Bertz CT molecular complexity index is 292. The van der Waals surface area contributed by atoms with E-state index in [1.807, 2.05) is 30.5 Å². The summed E-state index contributed by atoms with van der Waals surface area (Å²) in [5, 5.41) is 1.20. The van der Waals surface area contributed by atoms with Crippen LogP contribution in [0.2, 0.25) is 0 Å². The van der Waals surface area contributed by atoms with Crippen LogP contribution in [0.3, 0.4) is 0 Å². The number of rotatable bonds is 0. The molecule has 5 heteroatoms. The van der Waals surface area contributed by atoms with Crippen molar-refractivity contribution < 1.29 is 45.9 Å². The summed E-state index contributed by atoms with van der Waals surface area (Å²) in [6.45, 7) is 0. The molecule has 2 rings (SSSR count). The summed E-state index contributed by atoms with van der Waals surface area (Å²) in [4.78, 5) is 4.18. The summed E-state index contributed by atoms with van der Waals surface area (Å²) in [7, 11) is 0. The van der Waals surface area contributed by atoms with Crippen LogP contribution >= 0.6 is 0 Å². The predicted octanol–water partition coefficient (Wildman–Crippen LogP) is -3.60. The van der Waals surface area contributed by atoms with E-state index in [0.29, 0.717) is 0 Å².